The van der Waals surface area contributed by atoms with E-state index in [9.17, 15) is 9.59 Å². The Morgan fingerprint density at radius 3 is 2.05 bits per heavy atom. The minimum atomic E-state index is -0.307. The Balaban J connectivity index is 3.54. The van der Waals surface area contributed by atoms with Gasteiger partial charge in [0.05, 0.1) is 19.4 Å². The molecular weight excluding hydrogens is 256 g/mol. The summed E-state index contributed by atoms with van der Waals surface area (Å²) in [6.45, 7) is 6.59. The zero-order chi connectivity index (χ0) is 15.2. The molecule has 4 nitrogen and oxygen atoms in total. The van der Waals surface area contributed by atoms with Gasteiger partial charge in [0.25, 0.3) is 0 Å². The average molecular weight is 286 g/mol. The second-order valence-corrected chi connectivity index (χ2v) is 5.06. The van der Waals surface area contributed by atoms with Gasteiger partial charge >= 0.3 is 11.9 Å². The van der Waals surface area contributed by atoms with Gasteiger partial charge in [-0.15, -0.1) is 0 Å². The molecule has 0 fully saturated rings. The van der Waals surface area contributed by atoms with Crippen molar-refractivity contribution in [2.45, 2.75) is 84.7 Å². The van der Waals surface area contributed by atoms with E-state index >= 15 is 0 Å². The molecule has 0 spiro atoms. The molecule has 0 N–H and O–H groups in total. The summed E-state index contributed by atoms with van der Waals surface area (Å²) in [5.41, 5.74) is 0. The van der Waals surface area contributed by atoms with Crippen molar-refractivity contribution >= 4 is 11.9 Å². The molecule has 0 amide bonds. The van der Waals surface area contributed by atoms with Gasteiger partial charge in [0.1, 0.15) is 6.10 Å². The Labute approximate surface area is 123 Å². The predicted molar refractivity (Wildman–Crippen MR) is 79.4 cm³/mol. The van der Waals surface area contributed by atoms with Gasteiger partial charge in [0.15, 0.2) is 0 Å². The highest BCUT2D eigenvalue weighted by Crippen LogP contribution is 2.07. The van der Waals surface area contributed by atoms with Crippen LogP contribution in [0.5, 0.6) is 0 Å². The summed E-state index contributed by atoms with van der Waals surface area (Å²) in [4.78, 5) is 22.9. The summed E-state index contributed by atoms with van der Waals surface area (Å²) in [5, 5.41) is 0. The Hall–Kier alpha value is -1.06. The molecule has 0 aliphatic rings. The summed E-state index contributed by atoms with van der Waals surface area (Å²) in [5.74, 6) is -0.611. The molecule has 0 saturated carbocycles. The fourth-order valence-corrected chi connectivity index (χ4v) is 1.87. The van der Waals surface area contributed by atoms with Crippen LogP contribution in [0.15, 0.2) is 0 Å². The van der Waals surface area contributed by atoms with E-state index in [2.05, 4.69) is 6.92 Å². The van der Waals surface area contributed by atoms with Gasteiger partial charge in [-0.3, -0.25) is 9.59 Å². The van der Waals surface area contributed by atoms with Crippen LogP contribution in [0.3, 0.4) is 0 Å². The van der Waals surface area contributed by atoms with Gasteiger partial charge in [-0.2, -0.15) is 0 Å². The molecule has 0 rings (SSSR count). The molecule has 4 heteroatoms. The summed E-state index contributed by atoms with van der Waals surface area (Å²) in [6.07, 6.45) is 7.46. The molecule has 0 atom stereocenters. The minimum Gasteiger partial charge on any atom is -0.466 e. The highest BCUT2D eigenvalue weighted by molar-refractivity contribution is 5.77. The quantitative estimate of drug-likeness (QED) is 0.402. The van der Waals surface area contributed by atoms with Crippen LogP contribution in [0.2, 0.25) is 0 Å². The van der Waals surface area contributed by atoms with Crippen molar-refractivity contribution in [3.05, 3.63) is 0 Å². The smallest absolute Gasteiger partial charge is 0.306 e. The van der Waals surface area contributed by atoms with Gasteiger partial charge in [0, 0.05) is 0 Å². The maximum Gasteiger partial charge on any atom is 0.306 e. The second-order valence-electron chi connectivity index (χ2n) is 5.06. The van der Waals surface area contributed by atoms with Crippen LogP contribution in [0, 0.1) is 0 Å². The number of ether oxygens (including phenoxy) is 2. The number of unbranched alkanes of at least 4 members (excludes halogenated alkanes) is 4. The highest BCUT2D eigenvalue weighted by atomic mass is 16.5. The van der Waals surface area contributed by atoms with Crippen molar-refractivity contribution in [2.75, 3.05) is 6.61 Å². The number of carbonyl (C=O) groups is 2. The van der Waals surface area contributed by atoms with Gasteiger partial charge in [-0.05, 0) is 19.3 Å². The van der Waals surface area contributed by atoms with Crippen molar-refractivity contribution in [1.29, 1.82) is 0 Å². The Morgan fingerprint density at radius 2 is 1.45 bits per heavy atom. The number of rotatable bonds is 12. The lowest BCUT2D eigenvalue weighted by Crippen LogP contribution is -2.17. The van der Waals surface area contributed by atoms with Crippen LogP contribution in [0.1, 0.15) is 78.6 Å². The summed E-state index contributed by atoms with van der Waals surface area (Å²) >= 11 is 0. The molecule has 0 radical (unpaired) electrons. The fraction of sp³-hybridized carbons (Fsp3) is 0.875. The van der Waals surface area contributed by atoms with Crippen molar-refractivity contribution in [3.8, 4) is 0 Å². The molecule has 0 saturated heterocycles. The summed E-state index contributed by atoms with van der Waals surface area (Å²) < 4.78 is 10.3. The standard InChI is InChI=1S/C16H30O4/c1-4-7-8-9-10-13-19-15(17)11-12-16(18)20-14(5-2)6-3/h14H,4-13H2,1-3H3. The van der Waals surface area contributed by atoms with Crippen molar-refractivity contribution in [1.82, 2.24) is 0 Å². The zero-order valence-electron chi connectivity index (χ0n) is 13.3. The van der Waals surface area contributed by atoms with E-state index in [4.69, 9.17) is 9.47 Å². The summed E-state index contributed by atoms with van der Waals surface area (Å²) in [6, 6.07) is 0. The van der Waals surface area contributed by atoms with E-state index in [0.717, 1.165) is 25.7 Å². The van der Waals surface area contributed by atoms with Crippen LogP contribution < -0.4 is 0 Å². The van der Waals surface area contributed by atoms with Gasteiger partial charge in [-0.1, -0.05) is 46.5 Å². The zero-order valence-corrected chi connectivity index (χ0v) is 13.3. The Kier molecular flexibility index (Phi) is 12.3. The first-order valence-corrected chi connectivity index (χ1v) is 7.99. The largest absolute Gasteiger partial charge is 0.466 e. The van der Waals surface area contributed by atoms with Crippen LogP contribution in [-0.2, 0) is 19.1 Å². The monoisotopic (exact) mass is 286 g/mol. The Bertz CT molecular complexity index is 259. The molecule has 0 bridgehead atoms. The maximum atomic E-state index is 11.5. The number of hydrogen-bond donors (Lipinski definition) is 0. The first-order valence-electron chi connectivity index (χ1n) is 7.99. The molecular formula is C16H30O4. The molecule has 118 valence electrons. The van der Waals surface area contributed by atoms with Crippen molar-refractivity contribution < 1.29 is 19.1 Å². The fourth-order valence-electron chi connectivity index (χ4n) is 1.87. The van der Waals surface area contributed by atoms with E-state index in [1.54, 1.807) is 0 Å². The van der Waals surface area contributed by atoms with E-state index in [0.29, 0.717) is 6.61 Å². The van der Waals surface area contributed by atoms with Crippen LogP contribution >= 0.6 is 0 Å². The van der Waals surface area contributed by atoms with Gasteiger partial charge in [0.2, 0.25) is 0 Å². The Morgan fingerprint density at radius 1 is 0.850 bits per heavy atom. The SMILES string of the molecule is CCCCCCCOC(=O)CCC(=O)OC(CC)CC. The number of hydrogen-bond acceptors (Lipinski definition) is 4. The topological polar surface area (TPSA) is 52.6 Å². The first kappa shape index (κ1) is 18.9. The number of esters is 2. The molecule has 0 aliphatic heterocycles. The van der Waals surface area contributed by atoms with E-state index in [-0.39, 0.29) is 30.9 Å². The third-order valence-corrected chi connectivity index (χ3v) is 3.25. The molecule has 0 heterocycles. The predicted octanol–water partition coefficient (Wildman–Crippen LogP) is 4.01. The lowest BCUT2D eigenvalue weighted by Gasteiger charge is -2.13. The lowest BCUT2D eigenvalue weighted by molar-refractivity contribution is -0.154. The molecule has 0 aromatic rings. The molecule has 0 unspecified atom stereocenters. The van der Waals surface area contributed by atoms with Crippen molar-refractivity contribution in [2.24, 2.45) is 0 Å². The molecule has 0 aromatic carbocycles. The van der Waals surface area contributed by atoms with Gasteiger partial charge < -0.3 is 9.47 Å². The van der Waals surface area contributed by atoms with E-state index < -0.39 is 0 Å². The average Bonchev–Trinajstić information content (AvgIpc) is 2.46. The maximum absolute atomic E-state index is 11.5. The third-order valence-electron chi connectivity index (χ3n) is 3.25. The third kappa shape index (κ3) is 10.8. The van der Waals surface area contributed by atoms with Crippen molar-refractivity contribution in [3.63, 3.8) is 0 Å². The van der Waals surface area contributed by atoms with Crippen LogP contribution in [0.25, 0.3) is 0 Å². The molecule has 0 aliphatic carbocycles. The van der Waals surface area contributed by atoms with Crippen LogP contribution in [-0.4, -0.2) is 24.6 Å². The first-order chi connectivity index (χ1) is 9.63. The van der Waals surface area contributed by atoms with E-state index in [1.807, 2.05) is 13.8 Å². The second kappa shape index (κ2) is 12.9. The van der Waals surface area contributed by atoms with Crippen LogP contribution in [0.4, 0.5) is 0 Å². The molecule has 20 heavy (non-hydrogen) atoms. The molecule has 0 aromatic heterocycles. The lowest BCUT2D eigenvalue weighted by atomic mass is 10.2. The highest BCUT2D eigenvalue weighted by Gasteiger charge is 2.13. The van der Waals surface area contributed by atoms with E-state index in [1.165, 1.54) is 19.3 Å². The van der Waals surface area contributed by atoms with Gasteiger partial charge in [-0.25, -0.2) is 0 Å². The number of carbonyl (C=O) groups excluding carboxylic acids is 2. The minimum absolute atomic E-state index is 0.0305. The normalized spacial score (nSPS) is 10.6. The summed E-state index contributed by atoms with van der Waals surface area (Å²) in [7, 11) is 0.